The molecule has 0 atom stereocenters. The summed E-state index contributed by atoms with van der Waals surface area (Å²) in [5.74, 6) is 1.60. The Bertz CT molecular complexity index is 1780. The number of hydrogen-bond acceptors (Lipinski definition) is 3. The number of hydrogen-bond donors (Lipinski definition) is 0. The maximum atomic E-state index is 6.71. The second kappa shape index (κ2) is 8.85. The van der Waals surface area contributed by atoms with Gasteiger partial charge in [-0.2, -0.15) is 0 Å². The van der Waals surface area contributed by atoms with Crippen LogP contribution in [0, 0.1) is 12.8 Å². The highest BCUT2D eigenvalue weighted by Gasteiger charge is 2.22. The van der Waals surface area contributed by atoms with Crippen LogP contribution < -0.4 is 0 Å². The van der Waals surface area contributed by atoms with E-state index in [1.807, 2.05) is 6.20 Å². The summed E-state index contributed by atoms with van der Waals surface area (Å²) in [6.07, 6.45) is 3.02. The van der Waals surface area contributed by atoms with E-state index in [0.717, 1.165) is 34.4 Å². The van der Waals surface area contributed by atoms with Gasteiger partial charge in [-0.05, 0) is 70.8 Å². The van der Waals surface area contributed by atoms with Crippen LogP contribution in [-0.4, -0.2) is 4.98 Å². The summed E-state index contributed by atoms with van der Waals surface area (Å²) >= 11 is 1.80. The van der Waals surface area contributed by atoms with Crippen molar-refractivity contribution in [2.45, 2.75) is 53.4 Å². The monoisotopic (exact) mass is 503 g/mol. The average Bonchev–Trinajstić information content (AvgIpc) is 3.42. The number of thiophene rings is 1. The lowest BCUT2D eigenvalue weighted by molar-refractivity contribution is 0.596. The predicted molar refractivity (Wildman–Crippen MR) is 160 cm³/mol. The number of furan rings is 1. The van der Waals surface area contributed by atoms with Crippen molar-refractivity contribution >= 4 is 43.2 Å². The SMILES string of the molecule is Cc1c(-c2csc3cc(CC(C)C)ccc23)oc2c(-c3cc(C(C)(C)C)c4ccccc4c3)nccc12. The second-order valence-electron chi connectivity index (χ2n) is 11.7. The Morgan fingerprint density at radius 2 is 1.73 bits per heavy atom. The van der Waals surface area contributed by atoms with Crippen molar-refractivity contribution in [3.63, 3.8) is 0 Å². The lowest BCUT2D eigenvalue weighted by atomic mass is 9.82. The smallest absolute Gasteiger partial charge is 0.161 e. The first-order valence-corrected chi connectivity index (χ1v) is 14.0. The summed E-state index contributed by atoms with van der Waals surface area (Å²) in [5.41, 5.74) is 7.94. The van der Waals surface area contributed by atoms with Crippen molar-refractivity contribution in [3.8, 4) is 22.6 Å². The number of nitrogens with zero attached hydrogens (tertiary/aromatic N) is 1. The molecular formula is C34H33NOS. The fourth-order valence-electron chi connectivity index (χ4n) is 5.53. The first kappa shape index (κ1) is 23.9. The lowest BCUT2D eigenvalue weighted by Gasteiger charge is -2.22. The van der Waals surface area contributed by atoms with E-state index in [-0.39, 0.29) is 5.41 Å². The van der Waals surface area contributed by atoms with Crippen LogP contribution in [0.5, 0.6) is 0 Å². The maximum Gasteiger partial charge on any atom is 0.161 e. The fourth-order valence-corrected chi connectivity index (χ4v) is 6.53. The van der Waals surface area contributed by atoms with Crippen molar-refractivity contribution in [2.75, 3.05) is 0 Å². The molecule has 3 aromatic carbocycles. The third-order valence-corrected chi connectivity index (χ3v) is 8.27. The van der Waals surface area contributed by atoms with Gasteiger partial charge in [0.05, 0.1) is 0 Å². The number of fused-ring (bicyclic) bond motifs is 3. The molecule has 0 aliphatic rings. The molecule has 3 heterocycles. The first-order valence-electron chi connectivity index (χ1n) is 13.1. The van der Waals surface area contributed by atoms with Crippen LogP contribution in [0.4, 0.5) is 0 Å². The predicted octanol–water partition coefficient (Wildman–Crippen LogP) is 10.3. The van der Waals surface area contributed by atoms with Gasteiger partial charge in [0.25, 0.3) is 0 Å². The molecule has 0 aliphatic heterocycles. The number of rotatable bonds is 4. The summed E-state index contributed by atoms with van der Waals surface area (Å²) in [7, 11) is 0. The Balaban J connectivity index is 1.53. The minimum absolute atomic E-state index is 0.0117. The fraction of sp³-hybridized carbons (Fsp3) is 0.265. The Hall–Kier alpha value is -3.43. The topological polar surface area (TPSA) is 26.0 Å². The Morgan fingerprint density at radius 1 is 0.919 bits per heavy atom. The van der Waals surface area contributed by atoms with E-state index < -0.39 is 0 Å². The van der Waals surface area contributed by atoms with Crippen LogP contribution >= 0.6 is 11.3 Å². The molecular weight excluding hydrogens is 470 g/mol. The van der Waals surface area contributed by atoms with Gasteiger partial charge in [-0.3, -0.25) is 4.98 Å². The molecule has 6 aromatic rings. The molecule has 2 nitrogen and oxygen atoms in total. The van der Waals surface area contributed by atoms with Crippen LogP contribution in [0.1, 0.15) is 51.3 Å². The van der Waals surface area contributed by atoms with E-state index in [9.17, 15) is 0 Å². The van der Waals surface area contributed by atoms with E-state index in [2.05, 4.69) is 108 Å². The highest BCUT2D eigenvalue weighted by atomic mass is 32.1. The number of aryl methyl sites for hydroxylation is 1. The van der Waals surface area contributed by atoms with Crippen molar-refractivity contribution in [1.29, 1.82) is 0 Å². The molecule has 37 heavy (non-hydrogen) atoms. The lowest BCUT2D eigenvalue weighted by Crippen LogP contribution is -2.12. The number of benzene rings is 3. The molecule has 186 valence electrons. The van der Waals surface area contributed by atoms with E-state index in [1.165, 1.54) is 43.1 Å². The molecule has 0 saturated carbocycles. The molecule has 0 amide bonds. The first-order chi connectivity index (χ1) is 17.7. The van der Waals surface area contributed by atoms with Crippen molar-refractivity contribution in [3.05, 3.63) is 88.9 Å². The normalized spacial score (nSPS) is 12.4. The van der Waals surface area contributed by atoms with Crippen LogP contribution in [-0.2, 0) is 11.8 Å². The van der Waals surface area contributed by atoms with E-state index in [1.54, 1.807) is 11.3 Å². The zero-order chi connectivity index (χ0) is 25.9. The third-order valence-electron chi connectivity index (χ3n) is 7.33. The van der Waals surface area contributed by atoms with Gasteiger partial charge < -0.3 is 4.42 Å². The quantitative estimate of drug-likeness (QED) is 0.239. The maximum absolute atomic E-state index is 6.71. The third kappa shape index (κ3) is 4.16. The van der Waals surface area contributed by atoms with Gasteiger partial charge in [0.2, 0.25) is 0 Å². The molecule has 0 unspecified atom stereocenters. The molecule has 6 rings (SSSR count). The van der Waals surface area contributed by atoms with Gasteiger partial charge in [0.15, 0.2) is 5.58 Å². The van der Waals surface area contributed by atoms with E-state index in [4.69, 9.17) is 9.40 Å². The molecule has 0 N–H and O–H groups in total. The van der Waals surface area contributed by atoms with Gasteiger partial charge in [-0.25, -0.2) is 0 Å². The van der Waals surface area contributed by atoms with Crippen LogP contribution in [0.2, 0.25) is 0 Å². The van der Waals surface area contributed by atoms with Crippen LogP contribution in [0.25, 0.3) is 54.4 Å². The summed E-state index contributed by atoms with van der Waals surface area (Å²) in [6, 6.07) is 22.2. The summed E-state index contributed by atoms with van der Waals surface area (Å²) in [5, 5.41) is 7.16. The molecule has 3 heteroatoms. The Labute approximate surface area is 223 Å². The minimum Gasteiger partial charge on any atom is -0.453 e. The van der Waals surface area contributed by atoms with Gasteiger partial charge in [-0.15, -0.1) is 11.3 Å². The molecule has 0 aliphatic carbocycles. The average molecular weight is 504 g/mol. The van der Waals surface area contributed by atoms with Gasteiger partial charge in [0, 0.05) is 43.7 Å². The molecule has 0 radical (unpaired) electrons. The number of aromatic nitrogens is 1. The molecule has 0 fully saturated rings. The highest BCUT2D eigenvalue weighted by Crippen LogP contribution is 2.43. The molecule has 0 bridgehead atoms. The van der Waals surface area contributed by atoms with E-state index >= 15 is 0 Å². The summed E-state index contributed by atoms with van der Waals surface area (Å²) in [6.45, 7) is 13.5. The van der Waals surface area contributed by atoms with Crippen LogP contribution in [0.3, 0.4) is 0 Å². The second-order valence-corrected chi connectivity index (χ2v) is 12.6. The minimum atomic E-state index is 0.0117. The van der Waals surface area contributed by atoms with Gasteiger partial charge in [-0.1, -0.05) is 71.0 Å². The standard InChI is InChI=1S/C34H33NOS/c1-20(2)15-22-11-12-27-28(19-37-30(27)16-22)32-21(3)25-13-14-35-31(33(25)36-32)24-17-23-9-7-8-10-26(23)29(18-24)34(4,5)6/h7-14,16-20H,15H2,1-6H3. The van der Waals surface area contributed by atoms with Crippen LogP contribution in [0.15, 0.2) is 76.7 Å². The highest BCUT2D eigenvalue weighted by molar-refractivity contribution is 7.17. The van der Waals surface area contributed by atoms with Crippen molar-refractivity contribution < 1.29 is 4.42 Å². The summed E-state index contributed by atoms with van der Waals surface area (Å²) in [4.78, 5) is 4.85. The van der Waals surface area contributed by atoms with Crippen molar-refractivity contribution in [2.24, 2.45) is 5.92 Å². The van der Waals surface area contributed by atoms with Gasteiger partial charge in [0.1, 0.15) is 11.5 Å². The van der Waals surface area contributed by atoms with Gasteiger partial charge >= 0.3 is 0 Å². The Kier molecular flexibility index (Phi) is 5.72. The largest absolute Gasteiger partial charge is 0.453 e. The zero-order valence-electron chi connectivity index (χ0n) is 22.5. The van der Waals surface area contributed by atoms with E-state index in [0.29, 0.717) is 5.92 Å². The Morgan fingerprint density at radius 3 is 2.51 bits per heavy atom. The van der Waals surface area contributed by atoms with Crippen molar-refractivity contribution in [1.82, 2.24) is 4.98 Å². The zero-order valence-corrected chi connectivity index (χ0v) is 23.3. The summed E-state index contributed by atoms with van der Waals surface area (Å²) < 4.78 is 8.03. The molecule has 0 saturated heterocycles. The molecule has 0 spiro atoms. The number of pyridine rings is 1. The molecule has 3 aromatic heterocycles.